The highest BCUT2D eigenvalue weighted by molar-refractivity contribution is 7.80. The first-order chi connectivity index (χ1) is 7.58. The SMILES string of the molecule is Cc1cc(C)c(-c2cccc(S)c2)c(C)c1. The highest BCUT2D eigenvalue weighted by Crippen LogP contribution is 2.29. The molecule has 0 unspecified atom stereocenters. The summed E-state index contributed by atoms with van der Waals surface area (Å²) in [6.45, 7) is 6.47. The zero-order chi connectivity index (χ0) is 11.7. The van der Waals surface area contributed by atoms with Crippen LogP contribution in [0.4, 0.5) is 0 Å². The third kappa shape index (κ3) is 2.14. The van der Waals surface area contributed by atoms with Crippen molar-refractivity contribution in [2.24, 2.45) is 0 Å². The number of benzene rings is 2. The summed E-state index contributed by atoms with van der Waals surface area (Å²) >= 11 is 4.39. The predicted octanol–water partition coefficient (Wildman–Crippen LogP) is 4.57. The highest BCUT2D eigenvalue weighted by atomic mass is 32.1. The average Bonchev–Trinajstić information content (AvgIpc) is 2.15. The minimum Gasteiger partial charge on any atom is -0.143 e. The van der Waals surface area contributed by atoms with Gasteiger partial charge in [-0.3, -0.25) is 0 Å². The molecule has 0 saturated heterocycles. The molecule has 2 aromatic rings. The summed E-state index contributed by atoms with van der Waals surface area (Å²) in [6.07, 6.45) is 0. The smallest absolute Gasteiger partial charge is 0.00461 e. The molecule has 0 heterocycles. The van der Waals surface area contributed by atoms with Crippen molar-refractivity contribution in [3.05, 3.63) is 53.1 Å². The normalized spacial score (nSPS) is 10.5. The summed E-state index contributed by atoms with van der Waals surface area (Å²) in [6, 6.07) is 12.8. The Hall–Kier alpha value is -1.21. The van der Waals surface area contributed by atoms with Crippen LogP contribution in [0.5, 0.6) is 0 Å². The molecule has 0 spiro atoms. The van der Waals surface area contributed by atoms with Gasteiger partial charge in [-0.25, -0.2) is 0 Å². The molecule has 2 rings (SSSR count). The standard InChI is InChI=1S/C15H16S/c1-10-7-11(2)15(12(3)8-10)13-5-4-6-14(16)9-13/h4-9,16H,1-3H3. The largest absolute Gasteiger partial charge is 0.143 e. The minimum atomic E-state index is 1.01. The van der Waals surface area contributed by atoms with Crippen molar-refractivity contribution in [3.8, 4) is 11.1 Å². The Morgan fingerprint density at radius 3 is 2.06 bits per heavy atom. The van der Waals surface area contributed by atoms with Gasteiger partial charge >= 0.3 is 0 Å². The van der Waals surface area contributed by atoms with Crippen LogP contribution in [0.3, 0.4) is 0 Å². The monoisotopic (exact) mass is 228 g/mol. The van der Waals surface area contributed by atoms with Gasteiger partial charge in [-0.15, -0.1) is 12.6 Å². The van der Waals surface area contributed by atoms with E-state index in [1.54, 1.807) is 0 Å². The van der Waals surface area contributed by atoms with Crippen LogP contribution in [-0.2, 0) is 0 Å². The summed E-state index contributed by atoms with van der Waals surface area (Å²) in [5.41, 5.74) is 6.57. The lowest BCUT2D eigenvalue weighted by Gasteiger charge is -2.11. The minimum absolute atomic E-state index is 1.01. The van der Waals surface area contributed by atoms with Crippen LogP contribution in [0.25, 0.3) is 11.1 Å². The fraction of sp³-hybridized carbons (Fsp3) is 0.200. The van der Waals surface area contributed by atoms with Gasteiger partial charge < -0.3 is 0 Å². The molecular formula is C15H16S. The second-order valence-electron chi connectivity index (χ2n) is 4.32. The highest BCUT2D eigenvalue weighted by Gasteiger charge is 2.06. The Kier molecular flexibility index (Phi) is 3.06. The van der Waals surface area contributed by atoms with Crippen molar-refractivity contribution >= 4 is 12.6 Å². The summed E-state index contributed by atoms with van der Waals surface area (Å²) < 4.78 is 0. The van der Waals surface area contributed by atoms with Crippen LogP contribution < -0.4 is 0 Å². The molecule has 0 aromatic heterocycles. The Labute approximate surface area is 103 Å². The van der Waals surface area contributed by atoms with E-state index in [0.717, 1.165) is 4.90 Å². The molecular weight excluding hydrogens is 212 g/mol. The Morgan fingerprint density at radius 1 is 0.875 bits per heavy atom. The number of hydrogen-bond acceptors (Lipinski definition) is 1. The van der Waals surface area contributed by atoms with Crippen molar-refractivity contribution in [1.29, 1.82) is 0 Å². The van der Waals surface area contributed by atoms with E-state index in [2.05, 4.69) is 63.7 Å². The predicted molar refractivity (Wildman–Crippen MR) is 73.3 cm³/mol. The van der Waals surface area contributed by atoms with Crippen LogP contribution in [0.2, 0.25) is 0 Å². The van der Waals surface area contributed by atoms with E-state index < -0.39 is 0 Å². The van der Waals surface area contributed by atoms with Crippen LogP contribution in [-0.4, -0.2) is 0 Å². The van der Waals surface area contributed by atoms with Crippen LogP contribution in [0.15, 0.2) is 41.3 Å². The van der Waals surface area contributed by atoms with E-state index in [1.807, 2.05) is 6.07 Å². The fourth-order valence-electron chi connectivity index (χ4n) is 2.30. The molecule has 16 heavy (non-hydrogen) atoms. The van der Waals surface area contributed by atoms with Gasteiger partial charge in [0.2, 0.25) is 0 Å². The lowest BCUT2D eigenvalue weighted by Crippen LogP contribution is -1.89. The molecule has 1 heteroatoms. The first-order valence-electron chi connectivity index (χ1n) is 5.45. The summed E-state index contributed by atoms with van der Waals surface area (Å²) in [5.74, 6) is 0. The summed E-state index contributed by atoms with van der Waals surface area (Å²) in [4.78, 5) is 1.01. The molecule has 2 aromatic carbocycles. The molecule has 0 radical (unpaired) electrons. The van der Waals surface area contributed by atoms with Crippen molar-refractivity contribution in [1.82, 2.24) is 0 Å². The topological polar surface area (TPSA) is 0 Å². The Morgan fingerprint density at radius 2 is 1.50 bits per heavy atom. The third-order valence-electron chi connectivity index (χ3n) is 2.81. The molecule has 0 nitrogen and oxygen atoms in total. The van der Waals surface area contributed by atoms with Crippen LogP contribution in [0.1, 0.15) is 16.7 Å². The van der Waals surface area contributed by atoms with Gasteiger partial charge in [0.05, 0.1) is 0 Å². The molecule has 0 amide bonds. The maximum absolute atomic E-state index is 4.39. The van der Waals surface area contributed by atoms with E-state index in [9.17, 15) is 0 Å². The fourth-order valence-corrected chi connectivity index (χ4v) is 2.52. The van der Waals surface area contributed by atoms with Gasteiger partial charge in [-0.1, -0.05) is 29.8 Å². The van der Waals surface area contributed by atoms with E-state index in [0.29, 0.717) is 0 Å². The number of hydrogen-bond donors (Lipinski definition) is 1. The zero-order valence-corrected chi connectivity index (χ0v) is 10.8. The van der Waals surface area contributed by atoms with E-state index in [1.165, 1.54) is 27.8 Å². The van der Waals surface area contributed by atoms with Gasteiger partial charge in [-0.05, 0) is 55.2 Å². The van der Waals surface area contributed by atoms with E-state index >= 15 is 0 Å². The molecule has 0 bridgehead atoms. The molecule has 0 fully saturated rings. The summed E-state index contributed by atoms with van der Waals surface area (Å²) in [7, 11) is 0. The quantitative estimate of drug-likeness (QED) is 0.679. The van der Waals surface area contributed by atoms with Gasteiger partial charge in [0.25, 0.3) is 0 Å². The number of rotatable bonds is 1. The number of aryl methyl sites for hydroxylation is 3. The summed E-state index contributed by atoms with van der Waals surface area (Å²) in [5, 5.41) is 0. The van der Waals surface area contributed by atoms with Crippen molar-refractivity contribution in [2.45, 2.75) is 25.7 Å². The molecule has 82 valence electrons. The molecule has 0 aliphatic heterocycles. The third-order valence-corrected chi connectivity index (χ3v) is 3.09. The first kappa shape index (κ1) is 11.3. The van der Waals surface area contributed by atoms with E-state index in [4.69, 9.17) is 0 Å². The lowest BCUT2D eigenvalue weighted by molar-refractivity contribution is 1.31. The second kappa shape index (κ2) is 4.34. The average molecular weight is 228 g/mol. The maximum Gasteiger partial charge on any atom is 0.00461 e. The van der Waals surface area contributed by atoms with Gasteiger partial charge in [-0.2, -0.15) is 0 Å². The van der Waals surface area contributed by atoms with Gasteiger partial charge in [0.15, 0.2) is 0 Å². The molecule has 0 N–H and O–H groups in total. The van der Waals surface area contributed by atoms with E-state index in [-0.39, 0.29) is 0 Å². The van der Waals surface area contributed by atoms with Crippen LogP contribution >= 0.6 is 12.6 Å². The van der Waals surface area contributed by atoms with Gasteiger partial charge in [0.1, 0.15) is 0 Å². The lowest BCUT2D eigenvalue weighted by atomic mass is 9.94. The molecule has 0 atom stereocenters. The van der Waals surface area contributed by atoms with Gasteiger partial charge in [0, 0.05) is 4.90 Å². The molecule has 0 aliphatic carbocycles. The zero-order valence-electron chi connectivity index (χ0n) is 9.91. The maximum atomic E-state index is 4.39. The molecule has 0 aliphatic rings. The Bertz CT molecular complexity index is 504. The first-order valence-corrected chi connectivity index (χ1v) is 5.90. The number of thiol groups is 1. The van der Waals surface area contributed by atoms with Crippen molar-refractivity contribution in [2.75, 3.05) is 0 Å². The van der Waals surface area contributed by atoms with Crippen molar-refractivity contribution < 1.29 is 0 Å². The van der Waals surface area contributed by atoms with Crippen molar-refractivity contribution in [3.63, 3.8) is 0 Å². The molecule has 0 saturated carbocycles. The van der Waals surface area contributed by atoms with Crippen LogP contribution in [0, 0.1) is 20.8 Å². The Balaban J connectivity index is 2.64. The second-order valence-corrected chi connectivity index (χ2v) is 4.84.